The van der Waals surface area contributed by atoms with Gasteiger partial charge in [0.05, 0.1) is 6.67 Å². The number of benzene rings is 12. The van der Waals surface area contributed by atoms with Crippen molar-refractivity contribution in [1.29, 1.82) is 0 Å². The summed E-state index contributed by atoms with van der Waals surface area (Å²) in [5.74, 6) is 0. The van der Waals surface area contributed by atoms with E-state index in [4.69, 9.17) is 0 Å². The summed E-state index contributed by atoms with van der Waals surface area (Å²) >= 11 is 0. The summed E-state index contributed by atoms with van der Waals surface area (Å²) in [6.07, 6.45) is 0. The van der Waals surface area contributed by atoms with Crippen LogP contribution < -0.4 is 9.80 Å². The van der Waals surface area contributed by atoms with Crippen molar-refractivity contribution in [2.45, 2.75) is 83.1 Å². The van der Waals surface area contributed by atoms with Gasteiger partial charge in [0, 0.05) is 24.5 Å². The van der Waals surface area contributed by atoms with Crippen LogP contribution in [0.5, 0.6) is 0 Å². The van der Waals surface area contributed by atoms with E-state index in [1.54, 1.807) is 0 Å². The molecule has 13 rings (SSSR count). The van der Waals surface area contributed by atoms with E-state index in [0.717, 1.165) is 19.8 Å². The normalized spacial score (nSPS) is 12.3. The number of anilines is 2. The van der Waals surface area contributed by atoms with Crippen LogP contribution in [0.15, 0.2) is 231 Å². The van der Waals surface area contributed by atoms with Crippen molar-refractivity contribution < 1.29 is 0 Å². The molecule has 0 aromatic heterocycles. The molecule has 2 nitrogen and oxygen atoms in total. The topological polar surface area (TPSA) is 6.48 Å². The van der Waals surface area contributed by atoms with Gasteiger partial charge in [-0.25, -0.2) is 0 Å². The van der Waals surface area contributed by atoms with Crippen LogP contribution in [0.1, 0.15) is 66.8 Å². The molecule has 2 heteroatoms. The maximum Gasteiger partial charge on any atom is 0.0904 e. The Morgan fingerprint density at radius 2 is 0.416 bits per heavy atom. The highest BCUT2D eigenvalue weighted by Gasteiger charge is 2.30. The van der Waals surface area contributed by atoms with E-state index < -0.39 is 0 Å². The van der Waals surface area contributed by atoms with E-state index >= 15 is 0 Å². The Hall–Kier alpha value is -9.76. The standard InChI is InChI=1S/C87H80N2/c1-54-35-55(2)40-70(39-54)76-51-78(82(74-43-58(5)37-59(6)44-74)84(68-29-21-15-22-30-68)80(76)66-25-17-13-18-26-66)72-47-62(9)86(63(10)48-72)88-33-34-89(53-88)87-64(11)49-73(50-65(87)12)79-52-77(71-41-56(3)36-57(4)42-71)81(67-27-19-14-20-28-67)85(69-31-23-16-24-32-69)83(79)75-45-60(7)38-61(8)46-75/h13-32,35-52H,33-34,53H2,1-12H3. The SMILES string of the molecule is Cc1cc(C)cc(-c2cc(-c3cc(C)c(N4CCN(c5c(C)cc(-c6cc(-c7cc(C)cc(C)c7)c(-c7ccccc7)c(-c7ccccc7)c6-c6cc(C)cc(C)c6)cc5C)C4)c(C)c3)c(-c3cc(C)cc(C)c3)c(-c3ccccc3)c2-c2ccccc2)c1. The molecule has 1 saturated heterocycles. The first-order chi connectivity index (χ1) is 43.0. The summed E-state index contributed by atoms with van der Waals surface area (Å²) in [6, 6.07) is 87.6. The molecule has 0 amide bonds. The predicted octanol–water partition coefficient (Wildman–Crippen LogP) is 23.3. The molecule has 0 unspecified atom stereocenters. The lowest BCUT2D eigenvalue weighted by atomic mass is 9.78. The number of aryl methyl sites for hydroxylation is 12. The fraction of sp³-hybridized carbons (Fsp3) is 0.172. The largest absolute Gasteiger partial charge is 0.352 e. The highest BCUT2D eigenvalue weighted by Crippen LogP contribution is 2.54. The molecule has 0 atom stereocenters. The van der Waals surface area contributed by atoms with Crippen LogP contribution in [0.3, 0.4) is 0 Å². The van der Waals surface area contributed by atoms with E-state index in [1.165, 1.54) is 189 Å². The van der Waals surface area contributed by atoms with Crippen molar-refractivity contribution >= 4 is 11.4 Å². The second-order valence-corrected chi connectivity index (χ2v) is 25.7. The third-order valence-electron chi connectivity index (χ3n) is 18.2. The molecule has 89 heavy (non-hydrogen) atoms. The molecule has 0 radical (unpaired) electrons. The lowest BCUT2D eigenvalue weighted by Crippen LogP contribution is -2.27. The van der Waals surface area contributed by atoms with Crippen molar-refractivity contribution in [2.24, 2.45) is 0 Å². The zero-order chi connectivity index (χ0) is 61.8. The van der Waals surface area contributed by atoms with Gasteiger partial charge in [0.2, 0.25) is 0 Å². The molecule has 1 heterocycles. The minimum absolute atomic E-state index is 0.797. The van der Waals surface area contributed by atoms with Crippen LogP contribution in [0.25, 0.3) is 111 Å². The maximum absolute atomic E-state index is 2.63. The zero-order valence-electron chi connectivity index (χ0n) is 54.0. The van der Waals surface area contributed by atoms with Crippen LogP contribution in [0, 0.1) is 83.1 Å². The number of rotatable bonds is 12. The first-order valence-corrected chi connectivity index (χ1v) is 31.7. The Bertz CT molecular complexity index is 4260. The summed E-state index contributed by atoms with van der Waals surface area (Å²) in [6.45, 7) is 29.8. The van der Waals surface area contributed by atoms with Crippen molar-refractivity contribution in [3.63, 3.8) is 0 Å². The van der Waals surface area contributed by atoms with Gasteiger partial charge in [0.25, 0.3) is 0 Å². The van der Waals surface area contributed by atoms with E-state index in [9.17, 15) is 0 Å². The van der Waals surface area contributed by atoms with E-state index in [-0.39, 0.29) is 0 Å². The fourth-order valence-electron chi connectivity index (χ4n) is 15.1. The average Bonchev–Trinajstić information content (AvgIpc) is 0.944. The molecule has 1 fully saturated rings. The monoisotopic (exact) mass is 1150 g/mol. The fourth-order valence-corrected chi connectivity index (χ4v) is 15.1. The minimum atomic E-state index is 0.797. The molecular weight excluding hydrogens is 1070 g/mol. The minimum Gasteiger partial charge on any atom is -0.352 e. The molecule has 0 bridgehead atoms. The Balaban J connectivity index is 0.947. The highest BCUT2D eigenvalue weighted by atomic mass is 15.4. The smallest absolute Gasteiger partial charge is 0.0904 e. The van der Waals surface area contributed by atoms with Gasteiger partial charge in [0.1, 0.15) is 0 Å². The van der Waals surface area contributed by atoms with Crippen molar-refractivity contribution in [2.75, 3.05) is 29.6 Å². The van der Waals surface area contributed by atoms with E-state index in [0.29, 0.717) is 0 Å². The second-order valence-electron chi connectivity index (χ2n) is 25.7. The zero-order valence-corrected chi connectivity index (χ0v) is 54.0. The van der Waals surface area contributed by atoms with E-state index in [2.05, 4.69) is 323 Å². The van der Waals surface area contributed by atoms with Gasteiger partial charge in [-0.3, -0.25) is 0 Å². The molecule has 12 aromatic rings. The van der Waals surface area contributed by atoms with Crippen LogP contribution in [-0.2, 0) is 0 Å². The molecule has 0 saturated carbocycles. The molecule has 1 aliphatic heterocycles. The van der Waals surface area contributed by atoms with Gasteiger partial charge in [0.15, 0.2) is 0 Å². The molecule has 0 spiro atoms. The summed E-state index contributed by atoms with van der Waals surface area (Å²) in [4.78, 5) is 5.26. The third kappa shape index (κ3) is 11.5. The lowest BCUT2D eigenvalue weighted by molar-refractivity contribution is 0.932. The van der Waals surface area contributed by atoms with Crippen LogP contribution in [0.4, 0.5) is 11.4 Å². The molecule has 12 aromatic carbocycles. The molecule has 438 valence electrons. The summed E-state index contributed by atoms with van der Waals surface area (Å²) < 4.78 is 0. The van der Waals surface area contributed by atoms with Crippen molar-refractivity contribution in [1.82, 2.24) is 0 Å². The summed E-state index contributed by atoms with van der Waals surface area (Å²) in [5, 5.41) is 0. The van der Waals surface area contributed by atoms with Crippen molar-refractivity contribution in [3.05, 3.63) is 297 Å². The molecule has 1 aliphatic rings. The first kappa shape index (κ1) is 58.3. The van der Waals surface area contributed by atoms with Gasteiger partial charge < -0.3 is 9.80 Å². The second kappa shape index (κ2) is 24.1. The Morgan fingerprint density at radius 3 is 0.674 bits per heavy atom. The molecule has 0 aliphatic carbocycles. The summed E-state index contributed by atoms with van der Waals surface area (Å²) in [7, 11) is 0. The highest BCUT2D eigenvalue weighted by molar-refractivity contribution is 6.09. The van der Waals surface area contributed by atoms with E-state index in [1.807, 2.05) is 0 Å². The Labute approximate surface area is 529 Å². The number of hydrogen-bond donors (Lipinski definition) is 0. The van der Waals surface area contributed by atoms with Crippen LogP contribution in [-0.4, -0.2) is 19.8 Å². The lowest BCUT2D eigenvalue weighted by Gasteiger charge is -2.29. The molecule has 0 N–H and O–H groups in total. The van der Waals surface area contributed by atoms with Crippen LogP contribution >= 0.6 is 0 Å². The van der Waals surface area contributed by atoms with Gasteiger partial charge in [-0.15, -0.1) is 0 Å². The first-order valence-electron chi connectivity index (χ1n) is 31.7. The Morgan fingerprint density at radius 1 is 0.202 bits per heavy atom. The van der Waals surface area contributed by atoms with Gasteiger partial charge >= 0.3 is 0 Å². The quantitative estimate of drug-likeness (QED) is 0.120. The van der Waals surface area contributed by atoms with Crippen LogP contribution in [0.2, 0.25) is 0 Å². The summed E-state index contributed by atoms with van der Waals surface area (Å²) in [5.41, 5.74) is 42.5. The Kier molecular flexibility index (Phi) is 15.8. The third-order valence-corrected chi connectivity index (χ3v) is 18.2. The number of hydrogen-bond acceptors (Lipinski definition) is 2. The number of nitrogens with zero attached hydrogens (tertiary/aromatic N) is 2. The average molecular weight is 1150 g/mol. The maximum atomic E-state index is 2.63. The molecular formula is C87H80N2. The van der Waals surface area contributed by atoms with Gasteiger partial charge in [-0.2, -0.15) is 0 Å². The van der Waals surface area contributed by atoms with Gasteiger partial charge in [-0.05, 0) is 253 Å². The predicted molar refractivity (Wildman–Crippen MR) is 384 cm³/mol. The van der Waals surface area contributed by atoms with Gasteiger partial charge in [-0.1, -0.05) is 239 Å². The van der Waals surface area contributed by atoms with Crippen molar-refractivity contribution in [3.8, 4) is 111 Å².